The van der Waals surface area contributed by atoms with Gasteiger partial charge in [0.25, 0.3) is 0 Å². The van der Waals surface area contributed by atoms with Crippen LogP contribution in [-0.2, 0) is 6.54 Å². The summed E-state index contributed by atoms with van der Waals surface area (Å²) in [5.74, 6) is 1.36. The molecule has 0 spiro atoms. The van der Waals surface area contributed by atoms with Crippen molar-refractivity contribution >= 4 is 11.8 Å². The summed E-state index contributed by atoms with van der Waals surface area (Å²) in [4.78, 5) is 0. The molecule has 1 unspecified atom stereocenters. The molecule has 2 rings (SSSR count). The first-order chi connectivity index (χ1) is 6.95. The second kappa shape index (κ2) is 5.42. The Balaban J connectivity index is 1.67. The maximum atomic E-state index is 3.52. The molecule has 1 N–H and O–H groups in total. The molecule has 1 aliphatic heterocycles. The van der Waals surface area contributed by atoms with Crippen molar-refractivity contribution in [1.82, 2.24) is 5.32 Å². The van der Waals surface area contributed by atoms with Crippen molar-refractivity contribution in [3.05, 3.63) is 35.9 Å². The van der Waals surface area contributed by atoms with E-state index in [1.807, 2.05) is 0 Å². The van der Waals surface area contributed by atoms with Crippen molar-refractivity contribution in [3.8, 4) is 0 Å². The van der Waals surface area contributed by atoms with E-state index in [1.54, 1.807) is 0 Å². The molecule has 0 saturated carbocycles. The van der Waals surface area contributed by atoms with E-state index < -0.39 is 0 Å². The highest BCUT2D eigenvalue weighted by atomic mass is 32.2. The molecule has 1 aliphatic rings. The Morgan fingerprint density at radius 1 is 1.29 bits per heavy atom. The fourth-order valence-electron chi connectivity index (χ4n) is 1.78. The summed E-state index contributed by atoms with van der Waals surface area (Å²) in [6.07, 6.45) is 2.80. The molecule has 1 aromatic carbocycles. The summed E-state index contributed by atoms with van der Waals surface area (Å²) in [6.45, 7) is 2.18. The monoisotopic (exact) mass is 207 g/mol. The van der Waals surface area contributed by atoms with Crippen LogP contribution in [0.5, 0.6) is 0 Å². The van der Waals surface area contributed by atoms with Crippen molar-refractivity contribution in [3.63, 3.8) is 0 Å². The first-order valence-electron chi connectivity index (χ1n) is 5.31. The van der Waals surface area contributed by atoms with E-state index in [0.29, 0.717) is 0 Å². The molecule has 0 aliphatic carbocycles. The Morgan fingerprint density at radius 2 is 2.14 bits per heavy atom. The van der Waals surface area contributed by atoms with Gasteiger partial charge in [-0.1, -0.05) is 30.3 Å². The van der Waals surface area contributed by atoms with Gasteiger partial charge in [0.2, 0.25) is 0 Å². The van der Waals surface area contributed by atoms with Crippen LogP contribution in [0.4, 0.5) is 0 Å². The minimum atomic E-state index is 0.860. The standard InChI is InChI=1S/C12H17NS/c1-2-5-11(6-3-1)9-13-10-12-7-4-8-14-12/h1-3,5-6,12-13H,4,7-10H2. The normalized spacial score (nSPS) is 21.3. The zero-order valence-corrected chi connectivity index (χ0v) is 9.22. The van der Waals surface area contributed by atoms with Crippen LogP contribution in [0.2, 0.25) is 0 Å². The lowest BCUT2D eigenvalue weighted by Crippen LogP contribution is -2.22. The number of benzene rings is 1. The van der Waals surface area contributed by atoms with Crippen molar-refractivity contribution in [2.75, 3.05) is 12.3 Å². The highest BCUT2D eigenvalue weighted by molar-refractivity contribution is 8.00. The van der Waals surface area contributed by atoms with Crippen LogP contribution in [0.25, 0.3) is 0 Å². The fraction of sp³-hybridized carbons (Fsp3) is 0.500. The average molecular weight is 207 g/mol. The number of nitrogens with one attached hydrogen (secondary N) is 1. The maximum absolute atomic E-state index is 3.52. The number of rotatable bonds is 4. The maximum Gasteiger partial charge on any atom is 0.0205 e. The van der Waals surface area contributed by atoms with Gasteiger partial charge in [-0.25, -0.2) is 0 Å². The van der Waals surface area contributed by atoms with Crippen molar-refractivity contribution in [1.29, 1.82) is 0 Å². The van der Waals surface area contributed by atoms with E-state index in [0.717, 1.165) is 11.8 Å². The van der Waals surface area contributed by atoms with Crippen LogP contribution < -0.4 is 5.32 Å². The number of hydrogen-bond acceptors (Lipinski definition) is 2. The zero-order chi connectivity index (χ0) is 9.64. The third kappa shape index (κ3) is 3.03. The molecule has 0 bridgehead atoms. The second-order valence-corrected chi connectivity index (χ2v) is 5.16. The van der Waals surface area contributed by atoms with Crippen LogP contribution in [0.15, 0.2) is 30.3 Å². The van der Waals surface area contributed by atoms with Crippen LogP contribution in [0.1, 0.15) is 18.4 Å². The highest BCUT2D eigenvalue weighted by Crippen LogP contribution is 2.25. The van der Waals surface area contributed by atoms with E-state index >= 15 is 0 Å². The zero-order valence-electron chi connectivity index (χ0n) is 8.41. The average Bonchev–Trinajstić information content (AvgIpc) is 2.72. The van der Waals surface area contributed by atoms with Gasteiger partial charge < -0.3 is 5.32 Å². The second-order valence-electron chi connectivity index (χ2n) is 3.75. The minimum absolute atomic E-state index is 0.860. The van der Waals surface area contributed by atoms with Gasteiger partial charge in [-0.2, -0.15) is 11.8 Å². The van der Waals surface area contributed by atoms with Gasteiger partial charge >= 0.3 is 0 Å². The molecule has 1 saturated heterocycles. The summed E-state index contributed by atoms with van der Waals surface area (Å²) < 4.78 is 0. The van der Waals surface area contributed by atoms with Crippen molar-refractivity contribution in [2.24, 2.45) is 0 Å². The first-order valence-corrected chi connectivity index (χ1v) is 6.36. The Morgan fingerprint density at radius 3 is 2.86 bits per heavy atom. The Bertz CT molecular complexity index is 254. The molecule has 1 heterocycles. The summed E-state index contributed by atoms with van der Waals surface area (Å²) in [5.41, 5.74) is 1.38. The summed E-state index contributed by atoms with van der Waals surface area (Å²) in [6, 6.07) is 10.6. The van der Waals surface area contributed by atoms with Gasteiger partial charge in [-0.05, 0) is 24.2 Å². The lowest BCUT2D eigenvalue weighted by atomic mass is 10.2. The van der Waals surface area contributed by atoms with Gasteiger partial charge in [0.05, 0.1) is 0 Å². The van der Waals surface area contributed by atoms with Gasteiger partial charge in [-0.3, -0.25) is 0 Å². The molecule has 1 atom stereocenters. The minimum Gasteiger partial charge on any atom is -0.312 e. The third-order valence-corrected chi connectivity index (χ3v) is 3.97. The number of hydrogen-bond donors (Lipinski definition) is 1. The van der Waals surface area contributed by atoms with Gasteiger partial charge in [0.15, 0.2) is 0 Å². The molecule has 1 fully saturated rings. The summed E-state index contributed by atoms with van der Waals surface area (Å²) in [5, 5.41) is 4.38. The molecule has 0 radical (unpaired) electrons. The predicted octanol–water partition coefficient (Wildman–Crippen LogP) is 2.67. The lowest BCUT2D eigenvalue weighted by molar-refractivity contribution is 0.646. The van der Waals surface area contributed by atoms with E-state index in [9.17, 15) is 0 Å². The molecule has 1 aromatic rings. The van der Waals surface area contributed by atoms with E-state index in [1.165, 1.54) is 30.7 Å². The largest absolute Gasteiger partial charge is 0.312 e. The van der Waals surface area contributed by atoms with Crippen LogP contribution in [0, 0.1) is 0 Å². The Labute approximate surface area is 90.3 Å². The lowest BCUT2D eigenvalue weighted by Gasteiger charge is -2.09. The number of thioether (sulfide) groups is 1. The molecule has 14 heavy (non-hydrogen) atoms. The SMILES string of the molecule is c1ccc(CNCC2CCCS2)cc1. The Hall–Kier alpha value is -0.470. The highest BCUT2D eigenvalue weighted by Gasteiger charge is 2.14. The topological polar surface area (TPSA) is 12.0 Å². The summed E-state index contributed by atoms with van der Waals surface area (Å²) >= 11 is 2.12. The first kappa shape index (κ1) is 10.1. The summed E-state index contributed by atoms with van der Waals surface area (Å²) in [7, 11) is 0. The van der Waals surface area contributed by atoms with Crippen molar-refractivity contribution < 1.29 is 0 Å². The fourth-order valence-corrected chi connectivity index (χ4v) is 3.01. The third-order valence-electron chi connectivity index (χ3n) is 2.57. The smallest absolute Gasteiger partial charge is 0.0205 e. The van der Waals surface area contributed by atoms with Crippen LogP contribution in [0.3, 0.4) is 0 Å². The van der Waals surface area contributed by atoms with Gasteiger partial charge in [0.1, 0.15) is 0 Å². The molecule has 1 nitrogen and oxygen atoms in total. The van der Waals surface area contributed by atoms with E-state index in [-0.39, 0.29) is 0 Å². The van der Waals surface area contributed by atoms with Gasteiger partial charge in [0, 0.05) is 18.3 Å². The van der Waals surface area contributed by atoms with Gasteiger partial charge in [-0.15, -0.1) is 0 Å². The molecular formula is C12H17NS. The Kier molecular flexibility index (Phi) is 3.90. The molecule has 0 amide bonds. The van der Waals surface area contributed by atoms with Crippen molar-refractivity contribution in [2.45, 2.75) is 24.6 Å². The molecule has 0 aromatic heterocycles. The molecular weight excluding hydrogens is 190 g/mol. The molecule has 2 heteroatoms. The van der Waals surface area contributed by atoms with E-state index in [2.05, 4.69) is 47.4 Å². The van der Waals surface area contributed by atoms with Crippen LogP contribution in [-0.4, -0.2) is 17.5 Å². The quantitative estimate of drug-likeness (QED) is 0.814. The molecule has 76 valence electrons. The predicted molar refractivity (Wildman–Crippen MR) is 63.6 cm³/mol. The van der Waals surface area contributed by atoms with Crippen LogP contribution >= 0.6 is 11.8 Å². The van der Waals surface area contributed by atoms with E-state index in [4.69, 9.17) is 0 Å².